The van der Waals surface area contributed by atoms with E-state index in [1.807, 2.05) is 32.0 Å². The first kappa shape index (κ1) is 22.4. The molecule has 2 rings (SSSR count). The molecule has 0 fully saturated rings. The molecule has 0 saturated carbocycles. The summed E-state index contributed by atoms with van der Waals surface area (Å²) in [5, 5.41) is 2.69. The second-order valence-electron chi connectivity index (χ2n) is 6.81. The van der Waals surface area contributed by atoms with Gasteiger partial charge in [0.15, 0.2) is 0 Å². The summed E-state index contributed by atoms with van der Waals surface area (Å²) in [6.07, 6.45) is 1.58. The van der Waals surface area contributed by atoms with Crippen molar-refractivity contribution in [2.45, 2.75) is 26.7 Å². The van der Waals surface area contributed by atoms with Crippen molar-refractivity contribution in [2.75, 3.05) is 29.5 Å². The van der Waals surface area contributed by atoms with Crippen molar-refractivity contribution in [3.63, 3.8) is 0 Å². The molecule has 0 radical (unpaired) electrons. The Labute approximate surface area is 171 Å². The smallest absolute Gasteiger partial charge is 0.339 e. The van der Waals surface area contributed by atoms with E-state index in [1.54, 1.807) is 24.3 Å². The van der Waals surface area contributed by atoms with Gasteiger partial charge >= 0.3 is 5.97 Å². The number of aryl methyl sites for hydroxylation is 2. The maximum absolute atomic E-state index is 12.3. The van der Waals surface area contributed by atoms with Gasteiger partial charge in [-0.1, -0.05) is 24.3 Å². The van der Waals surface area contributed by atoms with Crippen molar-refractivity contribution in [1.82, 2.24) is 0 Å². The molecular weight excluding hydrogens is 392 g/mol. The number of benzene rings is 2. The molecule has 29 heavy (non-hydrogen) atoms. The Morgan fingerprint density at radius 2 is 1.79 bits per heavy atom. The van der Waals surface area contributed by atoms with E-state index in [4.69, 9.17) is 4.74 Å². The van der Waals surface area contributed by atoms with Crippen LogP contribution in [-0.4, -0.2) is 40.2 Å². The first-order valence-electron chi connectivity index (χ1n) is 9.15. The normalized spacial score (nSPS) is 11.0. The van der Waals surface area contributed by atoms with Crippen molar-refractivity contribution in [1.29, 1.82) is 0 Å². The van der Waals surface area contributed by atoms with Gasteiger partial charge in [0.25, 0.3) is 0 Å². The van der Waals surface area contributed by atoms with Crippen LogP contribution in [0, 0.1) is 13.8 Å². The Balaban J connectivity index is 2.06. The lowest BCUT2D eigenvalue weighted by atomic mass is 10.1. The number of hydrogen-bond acceptors (Lipinski definition) is 5. The van der Waals surface area contributed by atoms with Gasteiger partial charge in [0.1, 0.15) is 0 Å². The van der Waals surface area contributed by atoms with Crippen LogP contribution >= 0.6 is 0 Å². The maximum Gasteiger partial charge on any atom is 0.339 e. The third kappa shape index (κ3) is 6.05. The number of ether oxygens (including phenoxy) is 1. The summed E-state index contributed by atoms with van der Waals surface area (Å²) >= 11 is 0. The third-order valence-electron chi connectivity index (χ3n) is 4.41. The van der Waals surface area contributed by atoms with Crippen molar-refractivity contribution < 1.29 is 22.7 Å². The zero-order valence-electron chi connectivity index (χ0n) is 17.1. The summed E-state index contributed by atoms with van der Waals surface area (Å²) < 4.78 is 30.6. The highest BCUT2D eigenvalue weighted by atomic mass is 32.2. The molecule has 0 aliphatic rings. The largest absolute Gasteiger partial charge is 0.465 e. The Morgan fingerprint density at radius 3 is 2.45 bits per heavy atom. The number of nitrogens with zero attached hydrogens (tertiary/aromatic N) is 1. The minimum Gasteiger partial charge on any atom is -0.465 e. The molecule has 0 spiro atoms. The monoisotopic (exact) mass is 418 g/mol. The SMILES string of the molecule is COC(=O)c1ccccc1NC(=O)CCCN(c1cc(C)ccc1C)S(C)(=O)=O. The van der Waals surface area contributed by atoms with Gasteiger partial charge < -0.3 is 10.1 Å². The van der Waals surface area contributed by atoms with E-state index in [2.05, 4.69) is 5.32 Å². The number of amides is 1. The zero-order chi connectivity index (χ0) is 21.6. The number of anilines is 2. The highest BCUT2D eigenvalue weighted by Crippen LogP contribution is 2.24. The Bertz CT molecular complexity index is 1000. The van der Waals surface area contributed by atoms with E-state index in [9.17, 15) is 18.0 Å². The highest BCUT2D eigenvalue weighted by molar-refractivity contribution is 7.92. The van der Waals surface area contributed by atoms with Crippen LogP contribution in [0.5, 0.6) is 0 Å². The predicted molar refractivity (Wildman–Crippen MR) is 114 cm³/mol. The Morgan fingerprint density at radius 1 is 1.10 bits per heavy atom. The van der Waals surface area contributed by atoms with Crippen LogP contribution in [-0.2, 0) is 19.6 Å². The molecule has 156 valence electrons. The number of nitrogens with one attached hydrogen (secondary N) is 1. The van der Waals surface area contributed by atoms with Gasteiger partial charge in [-0.15, -0.1) is 0 Å². The summed E-state index contributed by atoms with van der Waals surface area (Å²) in [7, 11) is -2.22. The minimum absolute atomic E-state index is 0.104. The van der Waals surface area contributed by atoms with E-state index in [0.717, 1.165) is 17.4 Å². The fourth-order valence-electron chi connectivity index (χ4n) is 2.93. The standard InChI is InChI=1S/C21H26N2O5S/c1-15-11-12-16(2)19(14-15)23(29(4,26)27)13-7-10-20(24)22-18-9-6-5-8-17(18)21(25)28-3/h5-6,8-9,11-12,14H,7,10,13H2,1-4H3,(H,22,24). The summed E-state index contributed by atoms with van der Waals surface area (Å²) in [6, 6.07) is 12.2. The van der Waals surface area contributed by atoms with Crippen LogP contribution in [0.2, 0.25) is 0 Å². The number of methoxy groups -OCH3 is 1. The van der Waals surface area contributed by atoms with Gasteiger partial charge in [-0.3, -0.25) is 9.10 Å². The van der Waals surface area contributed by atoms with Crippen molar-refractivity contribution >= 4 is 33.3 Å². The average molecular weight is 419 g/mol. The van der Waals surface area contributed by atoms with Crippen LogP contribution in [0.25, 0.3) is 0 Å². The number of sulfonamides is 1. The average Bonchev–Trinajstić information content (AvgIpc) is 2.66. The Hall–Kier alpha value is -2.87. The van der Waals surface area contributed by atoms with Gasteiger partial charge in [0, 0.05) is 13.0 Å². The first-order chi connectivity index (χ1) is 13.6. The summed E-state index contributed by atoms with van der Waals surface area (Å²) in [5.74, 6) is -0.852. The van der Waals surface area contributed by atoms with Crippen LogP contribution in [0.3, 0.4) is 0 Å². The number of esters is 1. The van der Waals surface area contributed by atoms with E-state index in [1.165, 1.54) is 11.4 Å². The molecule has 0 bridgehead atoms. The molecular formula is C21H26N2O5S. The topological polar surface area (TPSA) is 92.8 Å². The molecule has 7 nitrogen and oxygen atoms in total. The fourth-order valence-corrected chi connectivity index (χ4v) is 3.94. The maximum atomic E-state index is 12.3. The molecule has 0 aromatic heterocycles. The molecule has 8 heteroatoms. The minimum atomic E-state index is -3.49. The summed E-state index contributed by atoms with van der Waals surface area (Å²) in [5.41, 5.74) is 3.04. The molecule has 1 amide bonds. The molecule has 1 N–H and O–H groups in total. The van der Waals surface area contributed by atoms with E-state index in [0.29, 0.717) is 17.8 Å². The van der Waals surface area contributed by atoms with E-state index >= 15 is 0 Å². The zero-order valence-corrected chi connectivity index (χ0v) is 17.9. The summed E-state index contributed by atoms with van der Waals surface area (Å²) in [4.78, 5) is 24.1. The fraction of sp³-hybridized carbons (Fsp3) is 0.333. The van der Waals surface area contributed by atoms with Crippen molar-refractivity contribution in [3.8, 4) is 0 Å². The molecule has 2 aromatic rings. The molecule has 0 aliphatic carbocycles. The van der Waals surface area contributed by atoms with E-state index < -0.39 is 16.0 Å². The molecule has 0 heterocycles. The van der Waals surface area contributed by atoms with Gasteiger partial charge in [-0.25, -0.2) is 13.2 Å². The summed E-state index contributed by atoms with van der Waals surface area (Å²) in [6.45, 7) is 3.92. The second kappa shape index (κ2) is 9.56. The third-order valence-corrected chi connectivity index (χ3v) is 5.59. The van der Waals surface area contributed by atoms with Crippen LogP contribution in [0.15, 0.2) is 42.5 Å². The van der Waals surface area contributed by atoms with Crippen LogP contribution in [0.4, 0.5) is 11.4 Å². The highest BCUT2D eigenvalue weighted by Gasteiger charge is 2.20. The molecule has 0 unspecified atom stereocenters. The number of para-hydroxylation sites is 1. The number of rotatable bonds is 8. The first-order valence-corrected chi connectivity index (χ1v) is 11.0. The van der Waals surface area contributed by atoms with Gasteiger partial charge in [-0.2, -0.15) is 0 Å². The lowest BCUT2D eigenvalue weighted by Gasteiger charge is -2.24. The molecule has 0 aliphatic heterocycles. The van der Waals surface area contributed by atoms with E-state index in [-0.39, 0.29) is 24.4 Å². The molecule has 2 aromatic carbocycles. The second-order valence-corrected chi connectivity index (χ2v) is 8.72. The molecule has 0 atom stereocenters. The molecule has 0 saturated heterocycles. The number of hydrogen-bond donors (Lipinski definition) is 1. The number of carbonyl (C=O) groups is 2. The quantitative estimate of drug-likeness (QED) is 0.664. The van der Waals surface area contributed by atoms with Gasteiger partial charge in [-0.05, 0) is 49.6 Å². The van der Waals surface area contributed by atoms with Crippen molar-refractivity contribution in [2.24, 2.45) is 0 Å². The predicted octanol–water partition coefficient (Wildman–Crippen LogP) is 3.27. The van der Waals surface area contributed by atoms with Crippen LogP contribution in [0.1, 0.15) is 34.3 Å². The van der Waals surface area contributed by atoms with Crippen LogP contribution < -0.4 is 9.62 Å². The van der Waals surface area contributed by atoms with Gasteiger partial charge in [0.05, 0.1) is 30.3 Å². The van der Waals surface area contributed by atoms with Crippen molar-refractivity contribution in [3.05, 3.63) is 59.2 Å². The lowest BCUT2D eigenvalue weighted by Crippen LogP contribution is -2.32. The lowest BCUT2D eigenvalue weighted by molar-refractivity contribution is -0.116. The van der Waals surface area contributed by atoms with Gasteiger partial charge in [0.2, 0.25) is 15.9 Å². The Kier molecular flexibility index (Phi) is 7.39. The number of carbonyl (C=O) groups excluding carboxylic acids is 2.